The quantitative estimate of drug-likeness (QED) is 0.901. The summed E-state index contributed by atoms with van der Waals surface area (Å²) in [5.74, 6) is 2.12. The van der Waals surface area contributed by atoms with E-state index in [1.54, 1.807) is 18.2 Å². The van der Waals surface area contributed by atoms with E-state index in [0.717, 1.165) is 31.3 Å². The Morgan fingerprint density at radius 1 is 1.19 bits per heavy atom. The van der Waals surface area contributed by atoms with Crippen molar-refractivity contribution in [3.05, 3.63) is 35.4 Å². The van der Waals surface area contributed by atoms with Gasteiger partial charge in [0.05, 0.1) is 12.7 Å². The van der Waals surface area contributed by atoms with Crippen molar-refractivity contribution in [1.82, 2.24) is 0 Å². The summed E-state index contributed by atoms with van der Waals surface area (Å²) in [7, 11) is 1.79. The molecule has 1 aromatic rings. The lowest BCUT2D eigenvalue weighted by atomic mass is 9.55. The molecule has 2 saturated carbocycles. The van der Waals surface area contributed by atoms with Crippen molar-refractivity contribution in [2.45, 2.75) is 50.5 Å². The first-order valence-corrected chi connectivity index (χ1v) is 8.51. The van der Waals surface area contributed by atoms with Crippen LogP contribution in [0.3, 0.4) is 0 Å². The minimum atomic E-state index is -0.152. The van der Waals surface area contributed by atoms with E-state index in [1.807, 2.05) is 0 Å². The van der Waals surface area contributed by atoms with Crippen molar-refractivity contribution < 1.29 is 9.84 Å². The summed E-state index contributed by atoms with van der Waals surface area (Å²) in [6.07, 6.45) is 6.87. The van der Waals surface area contributed by atoms with Gasteiger partial charge in [0.1, 0.15) is 0 Å². The highest BCUT2D eigenvalue weighted by Crippen LogP contribution is 2.61. The summed E-state index contributed by atoms with van der Waals surface area (Å²) in [6.45, 7) is 0.740. The van der Waals surface area contributed by atoms with Crippen molar-refractivity contribution >= 4 is 0 Å². The highest BCUT2D eigenvalue weighted by molar-refractivity contribution is 5.35. The molecule has 2 fully saturated rings. The van der Waals surface area contributed by atoms with Crippen LogP contribution < -0.4 is 0 Å². The number of hydrogen-bond acceptors (Lipinski definition) is 2. The first kappa shape index (κ1) is 13.8. The molecule has 0 amide bonds. The summed E-state index contributed by atoms with van der Waals surface area (Å²) in [6, 6.07) is 9.03. The number of aliphatic hydroxyl groups excluding tert-OH is 1. The zero-order chi connectivity index (χ0) is 14.4. The van der Waals surface area contributed by atoms with E-state index in [-0.39, 0.29) is 11.5 Å². The number of benzene rings is 1. The highest BCUT2D eigenvalue weighted by atomic mass is 16.5. The van der Waals surface area contributed by atoms with Crippen LogP contribution in [0.1, 0.15) is 49.1 Å². The molecule has 0 bridgehead atoms. The molecule has 1 N–H and O–H groups in total. The molecule has 21 heavy (non-hydrogen) atoms. The van der Waals surface area contributed by atoms with E-state index in [0.29, 0.717) is 5.92 Å². The van der Waals surface area contributed by atoms with E-state index in [9.17, 15) is 5.11 Å². The first-order valence-electron chi connectivity index (χ1n) is 8.51. The van der Waals surface area contributed by atoms with Crippen molar-refractivity contribution in [1.29, 1.82) is 0 Å². The van der Waals surface area contributed by atoms with Gasteiger partial charge in [-0.15, -0.1) is 0 Å². The lowest BCUT2D eigenvalue weighted by molar-refractivity contribution is -0.0814. The van der Waals surface area contributed by atoms with E-state index in [1.165, 1.54) is 25.7 Å². The monoisotopic (exact) mass is 286 g/mol. The maximum atomic E-state index is 10.6. The summed E-state index contributed by atoms with van der Waals surface area (Å²) in [5, 5.41) is 10.6. The molecule has 0 radical (unpaired) electrons. The Hall–Kier alpha value is -0.860. The Labute approximate surface area is 127 Å². The molecule has 0 aliphatic heterocycles. The molecule has 2 nitrogen and oxygen atoms in total. The van der Waals surface area contributed by atoms with Crippen LogP contribution >= 0.6 is 0 Å². The topological polar surface area (TPSA) is 29.5 Å². The molecule has 0 saturated heterocycles. The largest absolute Gasteiger partial charge is 0.392 e. The predicted octanol–water partition coefficient (Wildman–Crippen LogP) is 3.53. The zero-order valence-corrected chi connectivity index (χ0v) is 12.9. The van der Waals surface area contributed by atoms with Crippen LogP contribution in [0.4, 0.5) is 0 Å². The van der Waals surface area contributed by atoms with Crippen LogP contribution in [-0.4, -0.2) is 24.9 Å². The van der Waals surface area contributed by atoms with Gasteiger partial charge >= 0.3 is 0 Å². The number of ether oxygens (including phenoxy) is 1. The minimum Gasteiger partial charge on any atom is -0.392 e. The Kier molecular flexibility index (Phi) is 3.35. The fourth-order valence-electron chi connectivity index (χ4n) is 5.85. The second-order valence-electron chi connectivity index (χ2n) is 7.41. The maximum absolute atomic E-state index is 10.6. The SMILES string of the molecule is COC[C@]12CC[C@@H]3c4ccccc4CC[C@H]3[C@@H]1CCC2O. The fourth-order valence-corrected chi connectivity index (χ4v) is 5.85. The molecule has 0 aromatic heterocycles. The third-order valence-corrected chi connectivity index (χ3v) is 6.72. The average Bonchev–Trinajstić information content (AvgIpc) is 2.85. The van der Waals surface area contributed by atoms with Crippen molar-refractivity contribution in [2.24, 2.45) is 17.3 Å². The van der Waals surface area contributed by atoms with Gasteiger partial charge in [0, 0.05) is 12.5 Å². The second kappa shape index (κ2) is 5.10. The molecule has 1 unspecified atom stereocenters. The standard InChI is InChI=1S/C19H26O2/c1-21-12-19-11-10-15-14-5-3-2-4-13(14)6-7-16(15)17(19)8-9-18(19)20/h2-5,15-18,20H,6-12H2,1H3/t15-,16-,17+,18?,19-/m1/s1. The number of methoxy groups -OCH3 is 1. The summed E-state index contributed by atoms with van der Waals surface area (Å²) < 4.78 is 5.55. The molecule has 5 atom stereocenters. The summed E-state index contributed by atoms with van der Waals surface area (Å²) in [4.78, 5) is 0. The summed E-state index contributed by atoms with van der Waals surface area (Å²) in [5.41, 5.74) is 3.21. The molecule has 4 rings (SSSR count). The van der Waals surface area contributed by atoms with E-state index >= 15 is 0 Å². The Bertz CT molecular complexity index is 526. The molecule has 3 aliphatic carbocycles. The summed E-state index contributed by atoms with van der Waals surface area (Å²) >= 11 is 0. The molecule has 114 valence electrons. The fraction of sp³-hybridized carbons (Fsp3) is 0.684. The molecule has 1 aromatic carbocycles. The van der Waals surface area contributed by atoms with Crippen LogP contribution in [0.15, 0.2) is 24.3 Å². The normalized spacial score (nSPS) is 41.2. The molecule has 0 heterocycles. The van der Waals surface area contributed by atoms with Gasteiger partial charge < -0.3 is 9.84 Å². The number of hydrogen-bond donors (Lipinski definition) is 1. The predicted molar refractivity (Wildman–Crippen MR) is 83.3 cm³/mol. The number of aliphatic hydroxyl groups is 1. The highest BCUT2D eigenvalue weighted by Gasteiger charge is 2.56. The van der Waals surface area contributed by atoms with E-state index < -0.39 is 0 Å². The van der Waals surface area contributed by atoms with Gasteiger partial charge in [-0.3, -0.25) is 0 Å². The first-order chi connectivity index (χ1) is 10.3. The Balaban J connectivity index is 1.69. The van der Waals surface area contributed by atoms with E-state index in [4.69, 9.17) is 4.74 Å². The van der Waals surface area contributed by atoms with Gasteiger partial charge in [0.25, 0.3) is 0 Å². The number of rotatable bonds is 2. The zero-order valence-electron chi connectivity index (χ0n) is 12.9. The molecule has 2 heteroatoms. The van der Waals surface area contributed by atoms with E-state index in [2.05, 4.69) is 24.3 Å². The molecular formula is C19H26O2. The van der Waals surface area contributed by atoms with Gasteiger partial charge in [0.2, 0.25) is 0 Å². The van der Waals surface area contributed by atoms with Crippen molar-refractivity contribution in [3.63, 3.8) is 0 Å². The van der Waals surface area contributed by atoms with Gasteiger partial charge in [-0.25, -0.2) is 0 Å². The minimum absolute atomic E-state index is 0.0438. The lowest BCUT2D eigenvalue weighted by Gasteiger charge is -2.51. The maximum Gasteiger partial charge on any atom is 0.0621 e. The average molecular weight is 286 g/mol. The van der Waals surface area contributed by atoms with Gasteiger partial charge in [-0.2, -0.15) is 0 Å². The van der Waals surface area contributed by atoms with Crippen LogP contribution in [0.2, 0.25) is 0 Å². The number of aryl methyl sites for hydroxylation is 1. The third kappa shape index (κ3) is 1.92. The third-order valence-electron chi connectivity index (χ3n) is 6.72. The lowest BCUT2D eigenvalue weighted by Crippen LogP contribution is -2.48. The second-order valence-corrected chi connectivity index (χ2v) is 7.41. The van der Waals surface area contributed by atoms with Crippen LogP contribution in [0, 0.1) is 17.3 Å². The van der Waals surface area contributed by atoms with Gasteiger partial charge in [0.15, 0.2) is 0 Å². The van der Waals surface area contributed by atoms with Crippen molar-refractivity contribution in [3.8, 4) is 0 Å². The molecule has 0 spiro atoms. The Morgan fingerprint density at radius 3 is 2.90 bits per heavy atom. The number of fused-ring (bicyclic) bond motifs is 5. The molecule has 3 aliphatic rings. The molecular weight excluding hydrogens is 260 g/mol. The van der Waals surface area contributed by atoms with Gasteiger partial charge in [-0.1, -0.05) is 24.3 Å². The Morgan fingerprint density at radius 2 is 2.05 bits per heavy atom. The smallest absolute Gasteiger partial charge is 0.0621 e. The van der Waals surface area contributed by atoms with Crippen LogP contribution in [-0.2, 0) is 11.2 Å². The van der Waals surface area contributed by atoms with Crippen molar-refractivity contribution in [2.75, 3.05) is 13.7 Å². The van der Waals surface area contributed by atoms with Gasteiger partial charge in [-0.05, 0) is 67.4 Å². The van der Waals surface area contributed by atoms with Crippen LogP contribution in [0.5, 0.6) is 0 Å². The van der Waals surface area contributed by atoms with Crippen LogP contribution in [0.25, 0.3) is 0 Å².